The van der Waals surface area contributed by atoms with Gasteiger partial charge < -0.3 is 14.6 Å². The lowest BCUT2D eigenvalue weighted by Gasteiger charge is -2.33. The Labute approximate surface area is 111 Å². The van der Waals surface area contributed by atoms with E-state index >= 15 is 0 Å². The molecule has 0 radical (unpaired) electrons. The van der Waals surface area contributed by atoms with Crippen molar-refractivity contribution in [2.24, 2.45) is 0 Å². The number of aromatic nitrogens is 1. The zero-order valence-electron chi connectivity index (χ0n) is 10.6. The molecule has 0 bridgehead atoms. The van der Waals surface area contributed by atoms with Gasteiger partial charge in [0.2, 0.25) is 0 Å². The fourth-order valence-corrected chi connectivity index (χ4v) is 4.18. The van der Waals surface area contributed by atoms with Crippen LogP contribution in [0.2, 0.25) is 0 Å². The van der Waals surface area contributed by atoms with Gasteiger partial charge in [-0.15, -0.1) is 11.3 Å². The normalized spacial score (nSPS) is 26.9. The number of nitrogens with zero attached hydrogens (tertiary/aromatic N) is 1. The number of aryl methyl sites for hydroxylation is 1. The van der Waals surface area contributed by atoms with Gasteiger partial charge in [0.15, 0.2) is 0 Å². The summed E-state index contributed by atoms with van der Waals surface area (Å²) in [5, 5.41) is 11.0. The summed E-state index contributed by atoms with van der Waals surface area (Å²) in [4.78, 5) is 5.93. The minimum Gasteiger partial charge on any atom is -0.387 e. The number of hydrogen-bond donors (Lipinski definition) is 1. The molecule has 1 saturated heterocycles. The van der Waals surface area contributed by atoms with Crippen molar-refractivity contribution in [3.63, 3.8) is 0 Å². The van der Waals surface area contributed by atoms with Gasteiger partial charge in [0, 0.05) is 38.0 Å². The minimum atomic E-state index is -0.382. The van der Waals surface area contributed by atoms with Crippen molar-refractivity contribution in [3.8, 4) is 0 Å². The predicted octanol–water partition coefficient (Wildman–Crippen LogP) is 2.16. The molecule has 0 amide bonds. The minimum absolute atomic E-state index is 0.292. The van der Waals surface area contributed by atoms with Crippen molar-refractivity contribution in [2.75, 3.05) is 20.3 Å². The van der Waals surface area contributed by atoms with Crippen LogP contribution in [0.5, 0.6) is 0 Å². The smallest absolute Gasteiger partial charge is 0.125 e. The maximum absolute atomic E-state index is 10.0. The Morgan fingerprint density at radius 1 is 1.44 bits per heavy atom. The number of thiazole rings is 1. The van der Waals surface area contributed by atoms with Gasteiger partial charge in [-0.05, 0) is 19.3 Å². The first kappa shape index (κ1) is 12.5. The van der Waals surface area contributed by atoms with E-state index in [1.54, 1.807) is 18.4 Å². The molecule has 18 heavy (non-hydrogen) atoms. The van der Waals surface area contributed by atoms with Crippen molar-refractivity contribution in [3.05, 3.63) is 15.6 Å². The second-order valence-corrected chi connectivity index (χ2v) is 6.13. The summed E-state index contributed by atoms with van der Waals surface area (Å²) in [6.45, 7) is 1.45. The van der Waals surface area contributed by atoms with Gasteiger partial charge in [-0.2, -0.15) is 0 Å². The number of ether oxygens (including phenoxy) is 2. The summed E-state index contributed by atoms with van der Waals surface area (Å²) in [6, 6.07) is 0. The van der Waals surface area contributed by atoms with Crippen molar-refractivity contribution in [2.45, 2.75) is 43.8 Å². The highest BCUT2D eigenvalue weighted by molar-refractivity contribution is 7.11. The van der Waals surface area contributed by atoms with Crippen LogP contribution >= 0.6 is 11.3 Å². The molecular formula is C13H19NO3S. The number of rotatable bonds is 2. The monoisotopic (exact) mass is 269 g/mol. The van der Waals surface area contributed by atoms with Crippen LogP contribution in [-0.2, 0) is 21.5 Å². The third-order valence-electron chi connectivity index (χ3n) is 4.01. The van der Waals surface area contributed by atoms with Crippen LogP contribution in [0.4, 0.5) is 0 Å². The first-order valence-electron chi connectivity index (χ1n) is 6.56. The van der Waals surface area contributed by atoms with Gasteiger partial charge in [0.25, 0.3) is 0 Å². The van der Waals surface area contributed by atoms with Crippen molar-refractivity contribution in [1.29, 1.82) is 0 Å². The number of fused-ring (bicyclic) bond motifs is 1. The van der Waals surface area contributed by atoms with Crippen LogP contribution < -0.4 is 0 Å². The molecular weight excluding hydrogens is 250 g/mol. The Morgan fingerprint density at radius 2 is 2.22 bits per heavy atom. The maximum atomic E-state index is 10.0. The standard InChI is InChI=1S/C13H19NO3S/c1-16-13(5-7-17-8-6-13)12-14-11-9(15)3-2-4-10(11)18-12/h9,15H,2-8H2,1H3. The quantitative estimate of drug-likeness (QED) is 0.894. The predicted molar refractivity (Wildman–Crippen MR) is 68.8 cm³/mol. The molecule has 100 valence electrons. The Bertz CT molecular complexity index is 426. The summed E-state index contributed by atoms with van der Waals surface area (Å²) >= 11 is 1.72. The van der Waals surface area contributed by atoms with Crippen LogP contribution in [0, 0.1) is 0 Å². The summed E-state index contributed by atoms with van der Waals surface area (Å²) in [7, 11) is 1.75. The molecule has 0 spiro atoms. The van der Waals surface area contributed by atoms with Crippen LogP contribution in [0.1, 0.15) is 47.4 Å². The van der Waals surface area contributed by atoms with Gasteiger partial charge in [0.05, 0.1) is 11.8 Å². The molecule has 1 fully saturated rings. The highest BCUT2D eigenvalue weighted by Gasteiger charge is 2.39. The van der Waals surface area contributed by atoms with E-state index in [4.69, 9.17) is 9.47 Å². The molecule has 1 aromatic rings. The van der Waals surface area contributed by atoms with Crippen LogP contribution in [0.25, 0.3) is 0 Å². The van der Waals surface area contributed by atoms with E-state index in [1.807, 2.05) is 0 Å². The van der Waals surface area contributed by atoms with Gasteiger partial charge in [-0.3, -0.25) is 0 Å². The second-order valence-electron chi connectivity index (χ2n) is 5.05. The highest BCUT2D eigenvalue weighted by atomic mass is 32.1. The van der Waals surface area contributed by atoms with Gasteiger partial charge in [-0.1, -0.05) is 0 Å². The molecule has 4 nitrogen and oxygen atoms in total. The number of aliphatic hydroxyl groups is 1. The number of hydrogen-bond acceptors (Lipinski definition) is 5. The Balaban J connectivity index is 1.95. The number of aliphatic hydroxyl groups excluding tert-OH is 1. The maximum Gasteiger partial charge on any atom is 0.125 e. The summed E-state index contributed by atoms with van der Waals surface area (Å²) in [5.41, 5.74) is 0.601. The Kier molecular flexibility index (Phi) is 3.40. The molecule has 1 aliphatic carbocycles. The lowest BCUT2D eigenvalue weighted by Crippen LogP contribution is -2.35. The third kappa shape index (κ3) is 1.99. The average molecular weight is 269 g/mol. The largest absolute Gasteiger partial charge is 0.387 e. The van der Waals surface area contributed by atoms with E-state index in [0.717, 1.165) is 56.0 Å². The molecule has 0 aromatic carbocycles. The third-order valence-corrected chi connectivity index (χ3v) is 5.32. The van der Waals surface area contributed by atoms with Crippen LogP contribution in [-0.4, -0.2) is 30.4 Å². The second kappa shape index (κ2) is 4.89. The molecule has 1 N–H and O–H groups in total. The van der Waals surface area contributed by atoms with Gasteiger partial charge >= 0.3 is 0 Å². The van der Waals surface area contributed by atoms with Gasteiger partial charge in [0.1, 0.15) is 10.6 Å². The zero-order chi connectivity index (χ0) is 12.6. The molecule has 3 rings (SSSR count). The Morgan fingerprint density at radius 3 is 2.89 bits per heavy atom. The molecule has 1 aliphatic heterocycles. The molecule has 1 unspecified atom stereocenters. The Hall–Kier alpha value is -0.490. The average Bonchev–Trinajstić information content (AvgIpc) is 2.85. The van der Waals surface area contributed by atoms with E-state index in [1.165, 1.54) is 4.88 Å². The lowest BCUT2D eigenvalue weighted by atomic mass is 9.94. The first-order valence-corrected chi connectivity index (χ1v) is 7.38. The van der Waals surface area contributed by atoms with Crippen molar-refractivity contribution in [1.82, 2.24) is 4.98 Å². The molecule has 2 aliphatic rings. The van der Waals surface area contributed by atoms with E-state index in [2.05, 4.69) is 4.98 Å². The van der Waals surface area contributed by atoms with E-state index < -0.39 is 0 Å². The molecule has 1 aromatic heterocycles. The van der Waals surface area contributed by atoms with E-state index in [0.29, 0.717) is 0 Å². The van der Waals surface area contributed by atoms with E-state index in [-0.39, 0.29) is 11.7 Å². The summed E-state index contributed by atoms with van der Waals surface area (Å²) < 4.78 is 11.2. The van der Waals surface area contributed by atoms with E-state index in [9.17, 15) is 5.11 Å². The molecule has 5 heteroatoms. The van der Waals surface area contributed by atoms with Crippen LogP contribution in [0.3, 0.4) is 0 Å². The van der Waals surface area contributed by atoms with Crippen molar-refractivity contribution < 1.29 is 14.6 Å². The SMILES string of the molecule is COC1(c2nc3c(s2)CCCC3O)CCOCC1. The summed E-state index contributed by atoms with van der Waals surface area (Å²) in [5.74, 6) is 0. The number of methoxy groups -OCH3 is 1. The molecule has 2 heterocycles. The lowest BCUT2D eigenvalue weighted by molar-refractivity contribution is -0.0949. The van der Waals surface area contributed by atoms with Crippen LogP contribution in [0.15, 0.2) is 0 Å². The van der Waals surface area contributed by atoms with Crippen molar-refractivity contribution >= 4 is 11.3 Å². The molecule has 1 atom stereocenters. The fraction of sp³-hybridized carbons (Fsp3) is 0.769. The zero-order valence-corrected chi connectivity index (χ0v) is 11.5. The van der Waals surface area contributed by atoms with Gasteiger partial charge in [-0.25, -0.2) is 4.98 Å². The molecule has 0 saturated carbocycles. The highest BCUT2D eigenvalue weighted by Crippen LogP contribution is 2.42. The fourth-order valence-electron chi connectivity index (χ4n) is 2.80. The topological polar surface area (TPSA) is 51.6 Å². The first-order chi connectivity index (χ1) is 8.75. The summed E-state index contributed by atoms with van der Waals surface area (Å²) in [6.07, 6.45) is 4.25.